The molecule has 0 unspecified atom stereocenters. The van der Waals surface area contributed by atoms with Gasteiger partial charge in [0.1, 0.15) is 0 Å². The Morgan fingerprint density at radius 3 is 2.26 bits per heavy atom. The molecule has 4 nitrogen and oxygen atoms in total. The lowest BCUT2D eigenvalue weighted by molar-refractivity contribution is -0.141. The summed E-state index contributed by atoms with van der Waals surface area (Å²) in [5.41, 5.74) is -0.284. The average molecular weight is 267 g/mol. The van der Waals surface area contributed by atoms with Crippen LogP contribution in [-0.2, 0) is 9.59 Å². The van der Waals surface area contributed by atoms with Gasteiger partial charge in [-0.25, -0.2) is 0 Å². The first-order chi connectivity index (χ1) is 9.10. The molecule has 0 aromatic carbocycles. The predicted octanol–water partition coefficient (Wildman–Crippen LogP) is 2.72. The summed E-state index contributed by atoms with van der Waals surface area (Å²) in [6.45, 7) is 0.780. The number of aliphatic carboxylic acids is 1. The van der Waals surface area contributed by atoms with E-state index >= 15 is 0 Å². The smallest absolute Gasteiger partial charge is 0.303 e. The quantitative estimate of drug-likeness (QED) is 0.777. The molecule has 2 fully saturated rings. The summed E-state index contributed by atoms with van der Waals surface area (Å²) in [5, 5.41) is 12.1. The van der Waals surface area contributed by atoms with Gasteiger partial charge in [-0.15, -0.1) is 0 Å². The van der Waals surface area contributed by atoms with Gasteiger partial charge >= 0.3 is 5.97 Å². The molecule has 2 N–H and O–H groups in total. The fourth-order valence-electron chi connectivity index (χ4n) is 3.40. The van der Waals surface area contributed by atoms with Crippen molar-refractivity contribution in [2.45, 2.75) is 64.2 Å². The summed E-state index contributed by atoms with van der Waals surface area (Å²) < 4.78 is 0. The lowest BCUT2D eigenvalue weighted by Crippen LogP contribution is -2.38. The van der Waals surface area contributed by atoms with Crippen molar-refractivity contribution < 1.29 is 14.7 Å². The van der Waals surface area contributed by atoms with E-state index in [0.29, 0.717) is 12.3 Å². The van der Waals surface area contributed by atoms with Crippen molar-refractivity contribution in [2.75, 3.05) is 6.54 Å². The minimum absolute atomic E-state index is 0.0510. The van der Waals surface area contributed by atoms with E-state index in [1.807, 2.05) is 0 Å². The maximum Gasteiger partial charge on any atom is 0.303 e. The molecular weight excluding hydrogens is 242 g/mol. The summed E-state index contributed by atoms with van der Waals surface area (Å²) in [7, 11) is 0. The average Bonchev–Trinajstić information content (AvgIpc) is 2.26. The van der Waals surface area contributed by atoms with Crippen molar-refractivity contribution >= 4 is 11.9 Å². The lowest BCUT2D eigenvalue weighted by atomic mass is 9.69. The highest BCUT2D eigenvalue weighted by atomic mass is 16.4. The number of carboxylic acid groups (broad SMARTS) is 1. The number of hydrogen-bond donors (Lipinski definition) is 2. The second-order valence-electron chi connectivity index (χ2n) is 6.41. The zero-order valence-electron chi connectivity index (χ0n) is 11.6. The number of rotatable bonds is 6. The third-order valence-electron chi connectivity index (χ3n) is 4.79. The normalized spacial score (nSPS) is 22.5. The van der Waals surface area contributed by atoms with E-state index in [1.54, 1.807) is 0 Å². The summed E-state index contributed by atoms with van der Waals surface area (Å²) in [6.07, 6.45) is 9.32. The molecule has 0 atom stereocenters. The van der Waals surface area contributed by atoms with Gasteiger partial charge in [0.15, 0.2) is 0 Å². The number of carbonyl (C=O) groups is 2. The molecule has 2 aliphatic rings. The zero-order valence-corrected chi connectivity index (χ0v) is 11.6. The van der Waals surface area contributed by atoms with E-state index in [4.69, 9.17) is 5.11 Å². The van der Waals surface area contributed by atoms with E-state index in [0.717, 1.165) is 32.2 Å². The van der Waals surface area contributed by atoms with Gasteiger partial charge in [0.25, 0.3) is 0 Å². The number of carbonyl (C=O) groups excluding carboxylic acids is 1. The van der Waals surface area contributed by atoms with Crippen LogP contribution in [0.5, 0.6) is 0 Å². The minimum Gasteiger partial charge on any atom is -0.481 e. The van der Waals surface area contributed by atoms with E-state index < -0.39 is 5.97 Å². The van der Waals surface area contributed by atoms with Crippen molar-refractivity contribution in [1.82, 2.24) is 5.32 Å². The maximum atomic E-state index is 12.0. The van der Waals surface area contributed by atoms with Gasteiger partial charge in [-0.2, -0.15) is 0 Å². The SMILES string of the molecule is O=C(O)CC1(CC(=O)NCC2CCC2)CCCCC1. The van der Waals surface area contributed by atoms with E-state index in [2.05, 4.69) is 5.32 Å². The summed E-state index contributed by atoms with van der Waals surface area (Å²) in [4.78, 5) is 23.1. The van der Waals surface area contributed by atoms with Gasteiger partial charge < -0.3 is 10.4 Å². The molecule has 0 heterocycles. The molecule has 0 spiro atoms. The Bertz CT molecular complexity index is 330. The van der Waals surface area contributed by atoms with Crippen molar-refractivity contribution in [2.24, 2.45) is 11.3 Å². The standard InChI is InChI=1S/C15H25NO3/c17-13(16-11-12-5-4-6-12)9-15(10-14(18)19)7-2-1-3-8-15/h12H,1-11H2,(H,16,17)(H,18,19). The maximum absolute atomic E-state index is 12.0. The van der Waals surface area contributed by atoms with E-state index in [-0.39, 0.29) is 17.7 Å². The van der Waals surface area contributed by atoms with Crippen LogP contribution in [0.3, 0.4) is 0 Å². The first kappa shape index (κ1) is 14.4. The Balaban J connectivity index is 1.83. The monoisotopic (exact) mass is 267 g/mol. The van der Waals surface area contributed by atoms with Gasteiger partial charge in [0, 0.05) is 13.0 Å². The van der Waals surface area contributed by atoms with Gasteiger partial charge in [0.05, 0.1) is 6.42 Å². The largest absolute Gasteiger partial charge is 0.481 e. The Morgan fingerprint density at radius 2 is 1.74 bits per heavy atom. The van der Waals surface area contributed by atoms with Crippen molar-refractivity contribution in [3.05, 3.63) is 0 Å². The third-order valence-corrected chi connectivity index (χ3v) is 4.79. The second kappa shape index (κ2) is 6.40. The van der Waals surface area contributed by atoms with Crippen molar-refractivity contribution in [1.29, 1.82) is 0 Å². The Kier molecular flexibility index (Phi) is 4.83. The molecule has 0 aliphatic heterocycles. The first-order valence-corrected chi connectivity index (χ1v) is 7.58. The molecule has 19 heavy (non-hydrogen) atoms. The number of nitrogens with one attached hydrogen (secondary N) is 1. The number of carboxylic acids is 1. The molecular formula is C15H25NO3. The topological polar surface area (TPSA) is 66.4 Å². The zero-order chi connectivity index (χ0) is 13.7. The van der Waals surface area contributed by atoms with Crippen LogP contribution in [-0.4, -0.2) is 23.5 Å². The van der Waals surface area contributed by atoms with Gasteiger partial charge in [-0.05, 0) is 37.0 Å². The lowest BCUT2D eigenvalue weighted by Gasteiger charge is -2.36. The molecule has 0 radical (unpaired) electrons. The minimum atomic E-state index is -0.770. The van der Waals surface area contributed by atoms with Crippen LogP contribution in [0, 0.1) is 11.3 Å². The van der Waals surface area contributed by atoms with Crippen LogP contribution in [0.25, 0.3) is 0 Å². The Morgan fingerprint density at radius 1 is 1.05 bits per heavy atom. The first-order valence-electron chi connectivity index (χ1n) is 7.58. The van der Waals surface area contributed by atoms with Crippen molar-refractivity contribution in [3.63, 3.8) is 0 Å². The highest BCUT2D eigenvalue weighted by molar-refractivity contribution is 5.78. The molecule has 0 saturated heterocycles. The highest BCUT2D eigenvalue weighted by Gasteiger charge is 2.36. The molecule has 0 bridgehead atoms. The predicted molar refractivity (Wildman–Crippen MR) is 72.7 cm³/mol. The van der Waals surface area contributed by atoms with Gasteiger partial charge in [-0.3, -0.25) is 9.59 Å². The van der Waals surface area contributed by atoms with Crippen LogP contribution >= 0.6 is 0 Å². The van der Waals surface area contributed by atoms with Crippen LogP contribution in [0.1, 0.15) is 64.2 Å². The molecule has 2 saturated carbocycles. The molecule has 1 amide bonds. The van der Waals surface area contributed by atoms with Crippen LogP contribution in [0.2, 0.25) is 0 Å². The fraction of sp³-hybridized carbons (Fsp3) is 0.867. The third kappa shape index (κ3) is 4.22. The van der Waals surface area contributed by atoms with E-state index in [9.17, 15) is 9.59 Å². The second-order valence-corrected chi connectivity index (χ2v) is 6.41. The van der Waals surface area contributed by atoms with Gasteiger partial charge in [0.2, 0.25) is 5.91 Å². The summed E-state index contributed by atoms with van der Waals surface area (Å²) in [6, 6.07) is 0. The number of amides is 1. The van der Waals surface area contributed by atoms with Gasteiger partial charge in [-0.1, -0.05) is 25.7 Å². The molecule has 0 aromatic heterocycles. The highest BCUT2D eigenvalue weighted by Crippen LogP contribution is 2.42. The fourth-order valence-corrected chi connectivity index (χ4v) is 3.40. The molecule has 4 heteroatoms. The van der Waals surface area contributed by atoms with Crippen LogP contribution < -0.4 is 5.32 Å². The molecule has 2 rings (SSSR count). The molecule has 108 valence electrons. The Labute approximate surface area is 115 Å². The van der Waals surface area contributed by atoms with Crippen LogP contribution in [0.15, 0.2) is 0 Å². The van der Waals surface area contributed by atoms with Crippen molar-refractivity contribution in [3.8, 4) is 0 Å². The summed E-state index contributed by atoms with van der Waals surface area (Å²) in [5.74, 6) is -0.0607. The summed E-state index contributed by atoms with van der Waals surface area (Å²) >= 11 is 0. The molecule has 2 aliphatic carbocycles. The van der Waals surface area contributed by atoms with E-state index in [1.165, 1.54) is 25.7 Å². The Hall–Kier alpha value is -1.06. The number of hydrogen-bond acceptors (Lipinski definition) is 2. The molecule has 0 aromatic rings. The van der Waals surface area contributed by atoms with Crippen LogP contribution in [0.4, 0.5) is 0 Å².